The maximum Gasteiger partial charge on any atom is 0.338 e. The van der Waals surface area contributed by atoms with Crippen LogP contribution in [0.3, 0.4) is 0 Å². The maximum absolute atomic E-state index is 11.9. The summed E-state index contributed by atoms with van der Waals surface area (Å²) in [5.74, 6) is -0.886. The first kappa shape index (κ1) is 16.6. The molecular formula is C16H14ClNO5. The van der Waals surface area contributed by atoms with Crippen LogP contribution in [0.2, 0.25) is 5.02 Å². The average molecular weight is 336 g/mol. The molecular weight excluding hydrogens is 322 g/mol. The Morgan fingerprint density at radius 3 is 2.70 bits per heavy atom. The molecule has 0 aromatic heterocycles. The van der Waals surface area contributed by atoms with Crippen LogP contribution in [-0.4, -0.2) is 30.7 Å². The lowest BCUT2D eigenvalue weighted by Gasteiger charge is -2.11. The molecule has 0 radical (unpaired) electrons. The van der Waals surface area contributed by atoms with E-state index in [1.54, 1.807) is 12.1 Å². The number of aromatic hydroxyl groups is 1. The molecule has 0 spiro atoms. The molecule has 2 aromatic carbocycles. The Hall–Kier alpha value is -2.73. The molecule has 0 aliphatic rings. The zero-order valence-electron chi connectivity index (χ0n) is 12.2. The van der Waals surface area contributed by atoms with Crippen molar-refractivity contribution in [2.75, 3.05) is 19.0 Å². The fourth-order valence-corrected chi connectivity index (χ4v) is 1.98. The molecule has 2 N–H and O–H groups in total. The highest BCUT2D eigenvalue weighted by Crippen LogP contribution is 2.27. The number of methoxy groups -OCH3 is 1. The summed E-state index contributed by atoms with van der Waals surface area (Å²) in [7, 11) is 1.46. The van der Waals surface area contributed by atoms with Crippen molar-refractivity contribution in [3.05, 3.63) is 53.1 Å². The fraction of sp³-hybridized carbons (Fsp3) is 0.125. The average Bonchev–Trinajstić information content (AvgIpc) is 2.53. The third-order valence-corrected chi connectivity index (χ3v) is 3.09. The number of halogens is 1. The first-order chi connectivity index (χ1) is 11.0. The number of amides is 1. The molecule has 0 aliphatic carbocycles. The van der Waals surface area contributed by atoms with Gasteiger partial charge in [0.1, 0.15) is 11.5 Å². The van der Waals surface area contributed by atoms with Gasteiger partial charge in [0, 0.05) is 5.02 Å². The van der Waals surface area contributed by atoms with Crippen molar-refractivity contribution in [1.82, 2.24) is 0 Å². The van der Waals surface area contributed by atoms with Crippen LogP contribution in [0.25, 0.3) is 0 Å². The van der Waals surface area contributed by atoms with Gasteiger partial charge in [-0.15, -0.1) is 0 Å². The minimum absolute atomic E-state index is 0.0624. The molecule has 0 fully saturated rings. The molecule has 2 aromatic rings. The number of hydrogen-bond donors (Lipinski definition) is 2. The van der Waals surface area contributed by atoms with E-state index in [9.17, 15) is 14.7 Å². The lowest BCUT2D eigenvalue weighted by atomic mass is 10.2. The summed E-state index contributed by atoms with van der Waals surface area (Å²) < 4.78 is 9.99. The predicted octanol–water partition coefficient (Wildman–Crippen LogP) is 2.85. The van der Waals surface area contributed by atoms with Crippen molar-refractivity contribution in [2.45, 2.75) is 0 Å². The summed E-state index contributed by atoms with van der Waals surface area (Å²) in [6.45, 7) is -0.482. The van der Waals surface area contributed by atoms with Crippen LogP contribution < -0.4 is 10.1 Å². The highest BCUT2D eigenvalue weighted by atomic mass is 35.5. The molecule has 0 bridgehead atoms. The monoisotopic (exact) mass is 335 g/mol. The maximum atomic E-state index is 11.9. The summed E-state index contributed by atoms with van der Waals surface area (Å²) >= 11 is 5.86. The van der Waals surface area contributed by atoms with Crippen molar-refractivity contribution in [3.63, 3.8) is 0 Å². The van der Waals surface area contributed by atoms with Gasteiger partial charge in [0.15, 0.2) is 6.61 Å². The smallest absolute Gasteiger partial charge is 0.338 e. The molecule has 0 heterocycles. The highest BCUT2D eigenvalue weighted by Gasteiger charge is 2.13. The topological polar surface area (TPSA) is 84.9 Å². The Balaban J connectivity index is 1.95. The van der Waals surface area contributed by atoms with Gasteiger partial charge >= 0.3 is 5.97 Å². The van der Waals surface area contributed by atoms with Crippen LogP contribution >= 0.6 is 11.6 Å². The highest BCUT2D eigenvalue weighted by molar-refractivity contribution is 6.31. The summed E-state index contributed by atoms with van der Waals surface area (Å²) in [5, 5.41) is 12.3. The van der Waals surface area contributed by atoms with Gasteiger partial charge in [-0.2, -0.15) is 0 Å². The minimum Gasteiger partial charge on any atom is -0.508 e. The number of carbonyl (C=O) groups is 2. The minimum atomic E-state index is -0.714. The molecule has 6 nitrogen and oxygen atoms in total. The van der Waals surface area contributed by atoms with Gasteiger partial charge in [-0.1, -0.05) is 17.7 Å². The molecule has 120 valence electrons. The number of anilines is 1. The Bertz CT molecular complexity index is 732. The lowest BCUT2D eigenvalue weighted by molar-refractivity contribution is -0.119. The first-order valence-electron chi connectivity index (χ1n) is 6.59. The number of carbonyl (C=O) groups excluding carboxylic acids is 2. The van der Waals surface area contributed by atoms with Gasteiger partial charge < -0.3 is 19.9 Å². The second-order valence-corrected chi connectivity index (χ2v) is 4.96. The normalized spacial score (nSPS) is 10.0. The van der Waals surface area contributed by atoms with E-state index in [4.69, 9.17) is 21.1 Å². The van der Waals surface area contributed by atoms with E-state index in [2.05, 4.69) is 5.32 Å². The van der Waals surface area contributed by atoms with Crippen molar-refractivity contribution < 1.29 is 24.2 Å². The number of rotatable bonds is 5. The summed E-state index contributed by atoms with van der Waals surface area (Å²) in [4.78, 5) is 23.6. The number of phenols is 1. The largest absolute Gasteiger partial charge is 0.508 e. The molecule has 0 saturated heterocycles. The quantitative estimate of drug-likeness (QED) is 0.821. The van der Waals surface area contributed by atoms with Crippen LogP contribution in [0.5, 0.6) is 11.5 Å². The van der Waals surface area contributed by atoms with E-state index in [1.165, 1.54) is 37.4 Å². The van der Waals surface area contributed by atoms with Gasteiger partial charge in [0.05, 0.1) is 18.4 Å². The molecule has 23 heavy (non-hydrogen) atoms. The fourth-order valence-electron chi connectivity index (χ4n) is 1.81. The van der Waals surface area contributed by atoms with E-state index in [0.717, 1.165) is 0 Å². The Kier molecular flexibility index (Phi) is 5.43. The number of benzene rings is 2. The van der Waals surface area contributed by atoms with Crippen molar-refractivity contribution in [1.29, 1.82) is 0 Å². The van der Waals surface area contributed by atoms with Gasteiger partial charge in [-0.05, 0) is 36.4 Å². The van der Waals surface area contributed by atoms with E-state index in [-0.39, 0.29) is 11.3 Å². The standard InChI is InChI=1S/C16H14ClNO5/c1-22-14-6-5-11(17)8-13(14)18-15(20)9-23-16(21)10-3-2-4-12(19)7-10/h2-8,19H,9H2,1H3,(H,18,20). The number of ether oxygens (including phenoxy) is 2. The second-order valence-electron chi connectivity index (χ2n) is 4.52. The Labute approximate surface area is 137 Å². The van der Waals surface area contributed by atoms with Gasteiger partial charge in [0.2, 0.25) is 0 Å². The van der Waals surface area contributed by atoms with Crippen molar-refractivity contribution in [2.24, 2.45) is 0 Å². The third kappa shape index (κ3) is 4.62. The van der Waals surface area contributed by atoms with E-state index >= 15 is 0 Å². The zero-order chi connectivity index (χ0) is 16.8. The van der Waals surface area contributed by atoms with Crippen LogP contribution in [0, 0.1) is 0 Å². The Morgan fingerprint density at radius 1 is 1.22 bits per heavy atom. The van der Waals surface area contributed by atoms with Crippen LogP contribution in [0.1, 0.15) is 10.4 Å². The molecule has 0 unspecified atom stereocenters. The van der Waals surface area contributed by atoms with Gasteiger partial charge in [0.25, 0.3) is 5.91 Å². The second kappa shape index (κ2) is 7.51. The lowest BCUT2D eigenvalue weighted by Crippen LogP contribution is -2.21. The number of nitrogens with one attached hydrogen (secondary N) is 1. The van der Waals surface area contributed by atoms with Gasteiger partial charge in [-0.3, -0.25) is 4.79 Å². The SMILES string of the molecule is COc1ccc(Cl)cc1NC(=O)COC(=O)c1cccc(O)c1. The molecule has 0 atom stereocenters. The number of esters is 1. The van der Waals surface area contributed by atoms with Crippen LogP contribution in [-0.2, 0) is 9.53 Å². The molecule has 2 rings (SSSR count). The molecule has 0 aliphatic heterocycles. The zero-order valence-corrected chi connectivity index (χ0v) is 13.0. The molecule has 1 amide bonds. The van der Waals surface area contributed by atoms with Crippen molar-refractivity contribution >= 4 is 29.2 Å². The number of hydrogen-bond acceptors (Lipinski definition) is 5. The van der Waals surface area contributed by atoms with E-state index in [0.29, 0.717) is 16.5 Å². The van der Waals surface area contributed by atoms with Crippen LogP contribution in [0.4, 0.5) is 5.69 Å². The number of phenolic OH excluding ortho intramolecular Hbond substituents is 1. The van der Waals surface area contributed by atoms with E-state index < -0.39 is 18.5 Å². The van der Waals surface area contributed by atoms with Gasteiger partial charge in [-0.25, -0.2) is 4.79 Å². The summed E-state index contributed by atoms with van der Waals surface area (Å²) in [6, 6.07) is 10.4. The van der Waals surface area contributed by atoms with E-state index in [1.807, 2.05) is 0 Å². The predicted molar refractivity (Wildman–Crippen MR) is 85.0 cm³/mol. The molecule has 0 saturated carbocycles. The van der Waals surface area contributed by atoms with Crippen LogP contribution in [0.15, 0.2) is 42.5 Å². The Morgan fingerprint density at radius 2 is 2.00 bits per heavy atom. The summed E-state index contributed by atoms with van der Waals surface area (Å²) in [5.41, 5.74) is 0.525. The van der Waals surface area contributed by atoms with Crippen molar-refractivity contribution in [3.8, 4) is 11.5 Å². The first-order valence-corrected chi connectivity index (χ1v) is 6.97. The summed E-state index contributed by atoms with van der Waals surface area (Å²) in [6.07, 6.45) is 0. The molecule has 7 heteroatoms. The third-order valence-electron chi connectivity index (χ3n) is 2.85.